The quantitative estimate of drug-likeness (QED) is 0.625. The number of nitrogens with zero attached hydrogens (tertiary/aromatic N) is 1. The number of amides is 2. The highest BCUT2D eigenvalue weighted by Gasteiger charge is 2.53. The van der Waals surface area contributed by atoms with Crippen LogP contribution in [0.15, 0.2) is 0 Å². The number of rotatable bonds is 5. The molecule has 0 aromatic rings. The minimum Gasteiger partial charge on any atom is -0.480 e. The van der Waals surface area contributed by atoms with Gasteiger partial charge in [-0.3, -0.25) is 9.59 Å². The number of carboxylic acids is 1. The van der Waals surface area contributed by atoms with E-state index in [-0.39, 0.29) is 23.8 Å². The molecule has 8 heteroatoms. The molecule has 2 aliphatic rings. The molecule has 0 saturated carbocycles. The molecule has 2 heterocycles. The molecule has 0 aliphatic carbocycles. The summed E-state index contributed by atoms with van der Waals surface area (Å²) in [7, 11) is 0. The first-order valence-corrected chi connectivity index (χ1v) is 7.48. The number of carbonyl (C=O) groups is 3. The van der Waals surface area contributed by atoms with Crippen molar-refractivity contribution in [3.63, 3.8) is 0 Å². The molecular formula is C12H18N2O5S. The summed E-state index contributed by atoms with van der Waals surface area (Å²) in [5, 5.41) is 20.2. The van der Waals surface area contributed by atoms with E-state index >= 15 is 0 Å². The van der Waals surface area contributed by atoms with Crippen LogP contribution in [-0.4, -0.2) is 62.2 Å². The second-order valence-electron chi connectivity index (χ2n) is 5.18. The molecule has 2 rings (SSSR count). The molecule has 2 unspecified atom stereocenters. The van der Waals surface area contributed by atoms with E-state index < -0.39 is 24.0 Å². The summed E-state index contributed by atoms with van der Waals surface area (Å²) in [6.45, 7) is 1.61. The van der Waals surface area contributed by atoms with Crippen LogP contribution in [0.5, 0.6) is 0 Å². The van der Waals surface area contributed by atoms with E-state index in [4.69, 9.17) is 10.2 Å². The van der Waals surface area contributed by atoms with Crippen molar-refractivity contribution in [2.24, 2.45) is 0 Å². The molecule has 2 saturated heterocycles. The Morgan fingerprint density at radius 2 is 2.30 bits per heavy atom. The summed E-state index contributed by atoms with van der Waals surface area (Å²) >= 11 is 1.55. The van der Waals surface area contributed by atoms with Gasteiger partial charge in [-0.1, -0.05) is 0 Å². The fraction of sp³-hybridized carbons (Fsp3) is 0.750. The Morgan fingerprint density at radius 3 is 2.90 bits per heavy atom. The van der Waals surface area contributed by atoms with Gasteiger partial charge in [0.1, 0.15) is 12.1 Å². The molecule has 0 aromatic heterocycles. The minimum atomic E-state index is -1.19. The number of hydrogen-bond acceptors (Lipinski definition) is 5. The molecule has 3 atom stereocenters. The van der Waals surface area contributed by atoms with Crippen LogP contribution in [0.25, 0.3) is 0 Å². The first kappa shape index (κ1) is 15.1. The number of fused-ring (bicyclic) bond motifs is 1. The van der Waals surface area contributed by atoms with Crippen molar-refractivity contribution in [2.45, 2.75) is 43.1 Å². The number of aliphatic hydroxyl groups excluding tert-OH is 1. The van der Waals surface area contributed by atoms with Gasteiger partial charge >= 0.3 is 5.97 Å². The van der Waals surface area contributed by atoms with Crippen molar-refractivity contribution in [2.75, 3.05) is 12.4 Å². The molecule has 112 valence electrons. The topological polar surface area (TPSA) is 107 Å². The van der Waals surface area contributed by atoms with E-state index in [9.17, 15) is 14.4 Å². The average Bonchev–Trinajstić information content (AvgIpc) is 2.86. The van der Waals surface area contributed by atoms with E-state index in [1.807, 2.05) is 6.92 Å². The molecule has 0 spiro atoms. The predicted octanol–water partition coefficient (Wildman–Crippen LogP) is -0.608. The number of carbonyl (C=O) groups excluding carboxylic acids is 2. The van der Waals surface area contributed by atoms with Crippen LogP contribution in [0, 0.1) is 0 Å². The molecule has 0 radical (unpaired) electrons. The normalized spacial score (nSPS) is 30.2. The van der Waals surface area contributed by atoms with Gasteiger partial charge in [0.25, 0.3) is 0 Å². The van der Waals surface area contributed by atoms with Gasteiger partial charge in [0.2, 0.25) is 11.8 Å². The number of aliphatic hydroxyl groups is 1. The van der Waals surface area contributed by atoms with Crippen molar-refractivity contribution in [1.82, 2.24) is 10.2 Å². The standard InChI is InChI=1S/C12H18N2O5S/c1-12-4-2-9(16)14(12)8(6-20-12)10(17)13-7(3-5-15)11(18)19/h7-8,15H,2-6H2,1H3,(H,13,17)(H,18,19)/t7-,8?,12?/m1/s1. The van der Waals surface area contributed by atoms with Crippen LogP contribution >= 0.6 is 11.8 Å². The molecule has 3 N–H and O–H groups in total. The molecule has 0 bridgehead atoms. The molecule has 20 heavy (non-hydrogen) atoms. The van der Waals surface area contributed by atoms with E-state index in [0.29, 0.717) is 18.6 Å². The van der Waals surface area contributed by atoms with Crippen LogP contribution < -0.4 is 5.32 Å². The number of carboxylic acid groups (broad SMARTS) is 1. The smallest absolute Gasteiger partial charge is 0.326 e. The maximum Gasteiger partial charge on any atom is 0.326 e. The third-order valence-electron chi connectivity index (χ3n) is 3.78. The minimum absolute atomic E-state index is 0.0495. The number of aliphatic carboxylic acids is 1. The lowest BCUT2D eigenvalue weighted by atomic mass is 10.1. The second kappa shape index (κ2) is 5.61. The maximum atomic E-state index is 12.2. The van der Waals surface area contributed by atoms with Gasteiger partial charge in [-0.25, -0.2) is 4.79 Å². The molecule has 2 amide bonds. The van der Waals surface area contributed by atoms with Crippen LogP contribution in [0.2, 0.25) is 0 Å². The zero-order valence-corrected chi connectivity index (χ0v) is 12.0. The second-order valence-corrected chi connectivity index (χ2v) is 6.68. The summed E-state index contributed by atoms with van der Waals surface area (Å²) in [6.07, 6.45) is 1.08. The highest BCUT2D eigenvalue weighted by atomic mass is 32.2. The van der Waals surface area contributed by atoms with Crippen molar-refractivity contribution >= 4 is 29.5 Å². The third kappa shape index (κ3) is 2.62. The van der Waals surface area contributed by atoms with E-state index in [1.54, 1.807) is 16.7 Å². The van der Waals surface area contributed by atoms with E-state index in [1.165, 1.54) is 0 Å². The summed E-state index contributed by atoms with van der Waals surface area (Å²) in [6, 6.07) is -1.75. The lowest BCUT2D eigenvalue weighted by molar-refractivity contribution is -0.144. The lowest BCUT2D eigenvalue weighted by Crippen LogP contribution is -2.53. The molecule has 7 nitrogen and oxygen atoms in total. The van der Waals surface area contributed by atoms with Gasteiger partial charge in [-0.2, -0.15) is 0 Å². The Labute approximate surface area is 120 Å². The fourth-order valence-electron chi connectivity index (χ4n) is 2.67. The Bertz CT molecular complexity index is 444. The number of hydrogen-bond donors (Lipinski definition) is 3. The predicted molar refractivity (Wildman–Crippen MR) is 72.0 cm³/mol. The lowest BCUT2D eigenvalue weighted by Gasteiger charge is -2.30. The largest absolute Gasteiger partial charge is 0.480 e. The Balaban J connectivity index is 2.06. The van der Waals surface area contributed by atoms with E-state index in [2.05, 4.69) is 5.32 Å². The molecular weight excluding hydrogens is 284 g/mol. The zero-order chi connectivity index (χ0) is 14.9. The monoisotopic (exact) mass is 302 g/mol. The highest BCUT2D eigenvalue weighted by molar-refractivity contribution is 8.01. The van der Waals surface area contributed by atoms with Crippen molar-refractivity contribution in [3.05, 3.63) is 0 Å². The van der Waals surface area contributed by atoms with Gasteiger partial charge in [0.15, 0.2) is 0 Å². The fourth-order valence-corrected chi connectivity index (χ4v) is 4.10. The Kier molecular flexibility index (Phi) is 4.24. The maximum absolute atomic E-state index is 12.2. The summed E-state index contributed by atoms with van der Waals surface area (Å²) in [5.74, 6) is -1.24. The number of nitrogens with one attached hydrogen (secondary N) is 1. The third-order valence-corrected chi connectivity index (χ3v) is 5.28. The summed E-state index contributed by atoms with van der Waals surface area (Å²) in [5.41, 5.74) is 0. The van der Waals surface area contributed by atoms with Gasteiger partial charge in [0, 0.05) is 25.2 Å². The van der Waals surface area contributed by atoms with Gasteiger partial charge in [0.05, 0.1) is 4.87 Å². The SMILES string of the molecule is CC12CCC(=O)N1C(C(=O)N[C@H](CCO)C(=O)O)CS2. The van der Waals surface area contributed by atoms with Crippen LogP contribution in [-0.2, 0) is 14.4 Å². The van der Waals surface area contributed by atoms with Crippen molar-refractivity contribution in [3.8, 4) is 0 Å². The molecule has 0 aromatic carbocycles. The Morgan fingerprint density at radius 1 is 1.60 bits per heavy atom. The summed E-state index contributed by atoms with van der Waals surface area (Å²) < 4.78 is 0. The van der Waals surface area contributed by atoms with Crippen molar-refractivity contribution in [1.29, 1.82) is 0 Å². The van der Waals surface area contributed by atoms with Crippen LogP contribution in [0.4, 0.5) is 0 Å². The Hall–Kier alpha value is -1.28. The first-order valence-electron chi connectivity index (χ1n) is 6.49. The highest BCUT2D eigenvalue weighted by Crippen LogP contribution is 2.47. The zero-order valence-electron chi connectivity index (χ0n) is 11.2. The van der Waals surface area contributed by atoms with Gasteiger partial charge in [-0.15, -0.1) is 11.8 Å². The van der Waals surface area contributed by atoms with Crippen LogP contribution in [0.1, 0.15) is 26.2 Å². The molecule has 2 fully saturated rings. The number of thioether (sulfide) groups is 1. The average molecular weight is 302 g/mol. The van der Waals surface area contributed by atoms with Crippen LogP contribution in [0.3, 0.4) is 0 Å². The van der Waals surface area contributed by atoms with E-state index in [0.717, 1.165) is 0 Å². The van der Waals surface area contributed by atoms with Crippen molar-refractivity contribution < 1.29 is 24.6 Å². The van der Waals surface area contributed by atoms with Gasteiger partial charge < -0.3 is 20.4 Å². The molecule has 2 aliphatic heterocycles. The summed E-state index contributed by atoms with van der Waals surface area (Å²) in [4.78, 5) is 36.3. The van der Waals surface area contributed by atoms with Gasteiger partial charge in [-0.05, 0) is 13.3 Å². The first-order chi connectivity index (χ1) is 9.39.